The molecule has 0 saturated carbocycles. The molecule has 0 spiro atoms. The number of hydrogen-bond donors (Lipinski definition) is 1. The molecule has 1 rings (SSSR count). The summed E-state index contributed by atoms with van der Waals surface area (Å²) in [7, 11) is 0. The zero-order valence-corrected chi connectivity index (χ0v) is 7.81. The molecule has 1 unspecified atom stereocenters. The van der Waals surface area contributed by atoms with Crippen molar-refractivity contribution < 1.29 is 19.2 Å². The Morgan fingerprint density at radius 1 is 1.60 bits per heavy atom. The van der Waals surface area contributed by atoms with Gasteiger partial charge in [0.05, 0.1) is 10.8 Å². The first-order valence-corrected chi connectivity index (χ1v) is 4.10. The highest BCUT2D eigenvalue weighted by molar-refractivity contribution is 5.75. The van der Waals surface area contributed by atoms with Crippen LogP contribution in [0.3, 0.4) is 0 Å². The summed E-state index contributed by atoms with van der Waals surface area (Å²) >= 11 is 0. The Labute approximate surface area is 84.3 Å². The van der Waals surface area contributed by atoms with Gasteiger partial charge in [-0.25, -0.2) is 0 Å². The molecule has 0 fully saturated rings. The maximum absolute atomic E-state index is 13.1. The van der Waals surface area contributed by atoms with E-state index in [1.54, 1.807) is 0 Å². The van der Waals surface area contributed by atoms with Crippen LogP contribution in [-0.2, 0) is 4.79 Å². The monoisotopic (exact) mass is 213 g/mol. The van der Waals surface area contributed by atoms with E-state index in [1.807, 2.05) is 0 Å². The van der Waals surface area contributed by atoms with E-state index >= 15 is 0 Å². The van der Waals surface area contributed by atoms with Crippen LogP contribution < -0.4 is 0 Å². The number of halogens is 1. The molecule has 0 radical (unpaired) electrons. The maximum Gasteiger partial charge on any atom is 0.310 e. The summed E-state index contributed by atoms with van der Waals surface area (Å²) in [4.78, 5) is 20.0. The van der Waals surface area contributed by atoms with E-state index < -0.39 is 28.3 Å². The molecule has 0 aliphatic carbocycles. The van der Waals surface area contributed by atoms with Crippen molar-refractivity contribution in [3.63, 3.8) is 0 Å². The summed E-state index contributed by atoms with van der Waals surface area (Å²) in [6, 6.07) is 3.07. The van der Waals surface area contributed by atoms with Gasteiger partial charge in [0.1, 0.15) is 0 Å². The van der Waals surface area contributed by atoms with E-state index in [-0.39, 0.29) is 5.56 Å². The second-order valence-electron chi connectivity index (χ2n) is 3.03. The first kappa shape index (κ1) is 11.1. The third kappa shape index (κ3) is 2.28. The molecule has 1 aromatic rings. The van der Waals surface area contributed by atoms with Crippen LogP contribution in [0.25, 0.3) is 0 Å². The first-order valence-electron chi connectivity index (χ1n) is 4.10. The molecule has 5 nitrogen and oxygen atoms in total. The summed E-state index contributed by atoms with van der Waals surface area (Å²) < 4.78 is 13.1. The Kier molecular flexibility index (Phi) is 2.99. The van der Waals surface area contributed by atoms with Gasteiger partial charge in [0, 0.05) is 6.07 Å². The second-order valence-corrected chi connectivity index (χ2v) is 3.03. The van der Waals surface area contributed by atoms with Crippen molar-refractivity contribution in [3.8, 4) is 0 Å². The predicted molar refractivity (Wildman–Crippen MR) is 49.1 cm³/mol. The van der Waals surface area contributed by atoms with Crippen LogP contribution in [0.5, 0.6) is 0 Å². The maximum atomic E-state index is 13.1. The Morgan fingerprint density at radius 2 is 2.20 bits per heavy atom. The number of carboxylic acids is 1. The molecule has 0 aliphatic heterocycles. The first-order chi connectivity index (χ1) is 6.93. The number of carbonyl (C=O) groups is 1. The SMILES string of the molecule is CC(C(=O)O)c1ccc([N+](=O)[O-])c(F)c1. The summed E-state index contributed by atoms with van der Waals surface area (Å²) in [6.45, 7) is 1.38. The molecule has 0 aliphatic rings. The fourth-order valence-electron chi connectivity index (χ4n) is 1.08. The number of nitrogens with zero attached hydrogens (tertiary/aromatic N) is 1. The lowest BCUT2D eigenvalue weighted by Crippen LogP contribution is -2.08. The lowest BCUT2D eigenvalue weighted by molar-refractivity contribution is -0.387. The summed E-state index contributed by atoms with van der Waals surface area (Å²) in [6.07, 6.45) is 0. The number of aliphatic carboxylic acids is 1. The van der Waals surface area contributed by atoms with Crippen LogP contribution in [-0.4, -0.2) is 16.0 Å². The van der Waals surface area contributed by atoms with E-state index in [0.717, 1.165) is 12.1 Å². The number of nitro groups is 1. The Balaban J connectivity index is 3.12. The number of carboxylic acid groups (broad SMARTS) is 1. The average molecular weight is 213 g/mol. The summed E-state index contributed by atoms with van der Waals surface area (Å²) in [5.41, 5.74) is -0.457. The van der Waals surface area contributed by atoms with Crippen LogP contribution in [0.15, 0.2) is 18.2 Å². The Morgan fingerprint density at radius 3 is 2.60 bits per heavy atom. The van der Waals surface area contributed by atoms with Crippen LogP contribution >= 0.6 is 0 Å². The van der Waals surface area contributed by atoms with Gasteiger partial charge in [-0.2, -0.15) is 4.39 Å². The molecular weight excluding hydrogens is 205 g/mol. The molecule has 0 bridgehead atoms. The van der Waals surface area contributed by atoms with Gasteiger partial charge in [-0.1, -0.05) is 6.07 Å². The van der Waals surface area contributed by atoms with Gasteiger partial charge in [0.2, 0.25) is 5.82 Å². The second kappa shape index (κ2) is 4.04. The molecule has 0 amide bonds. The minimum absolute atomic E-state index is 0.200. The van der Waals surface area contributed by atoms with Crippen LogP contribution in [0, 0.1) is 15.9 Å². The normalized spacial score (nSPS) is 12.1. The summed E-state index contributed by atoms with van der Waals surface area (Å²) in [5, 5.41) is 18.9. The third-order valence-electron chi connectivity index (χ3n) is 2.04. The van der Waals surface area contributed by atoms with E-state index in [9.17, 15) is 19.3 Å². The Hall–Kier alpha value is -1.98. The smallest absolute Gasteiger partial charge is 0.310 e. The van der Waals surface area contributed by atoms with Crippen molar-refractivity contribution in [3.05, 3.63) is 39.7 Å². The molecule has 0 aromatic heterocycles. The third-order valence-corrected chi connectivity index (χ3v) is 2.04. The standard InChI is InChI=1S/C9H8FNO4/c1-5(9(12)13)6-2-3-8(11(14)15)7(10)4-6/h2-5H,1H3,(H,12,13). The molecule has 15 heavy (non-hydrogen) atoms. The molecule has 6 heteroatoms. The summed E-state index contributed by atoms with van der Waals surface area (Å²) in [5.74, 6) is -3.02. The van der Waals surface area contributed by atoms with Crippen molar-refractivity contribution in [2.75, 3.05) is 0 Å². The highest BCUT2D eigenvalue weighted by atomic mass is 19.1. The van der Waals surface area contributed by atoms with Gasteiger partial charge in [0.15, 0.2) is 0 Å². The molecule has 80 valence electrons. The van der Waals surface area contributed by atoms with Gasteiger partial charge in [-0.05, 0) is 18.6 Å². The van der Waals surface area contributed by atoms with Crippen molar-refractivity contribution >= 4 is 11.7 Å². The minimum atomic E-state index is -1.11. The van der Waals surface area contributed by atoms with Crippen molar-refractivity contribution in [2.45, 2.75) is 12.8 Å². The molecular formula is C9H8FNO4. The van der Waals surface area contributed by atoms with Crippen molar-refractivity contribution in [1.29, 1.82) is 0 Å². The van der Waals surface area contributed by atoms with Crippen molar-refractivity contribution in [2.24, 2.45) is 0 Å². The van der Waals surface area contributed by atoms with Gasteiger partial charge >= 0.3 is 11.7 Å². The fraction of sp³-hybridized carbons (Fsp3) is 0.222. The van der Waals surface area contributed by atoms with Crippen LogP contribution in [0.2, 0.25) is 0 Å². The van der Waals surface area contributed by atoms with Gasteiger partial charge in [-0.15, -0.1) is 0 Å². The molecule has 1 aromatic carbocycles. The van der Waals surface area contributed by atoms with Gasteiger partial charge < -0.3 is 5.11 Å². The predicted octanol–water partition coefficient (Wildman–Crippen LogP) is 1.92. The molecule has 0 heterocycles. The zero-order valence-electron chi connectivity index (χ0n) is 7.81. The highest BCUT2D eigenvalue weighted by Gasteiger charge is 2.19. The molecule has 0 saturated heterocycles. The van der Waals surface area contributed by atoms with E-state index in [0.29, 0.717) is 0 Å². The number of rotatable bonds is 3. The lowest BCUT2D eigenvalue weighted by Gasteiger charge is -2.05. The molecule has 1 N–H and O–H groups in total. The number of nitro benzene ring substituents is 1. The lowest BCUT2D eigenvalue weighted by atomic mass is 10.0. The number of hydrogen-bond acceptors (Lipinski definition) is 3. The van der Waals surface area contributed by atoms with Gasteiger partial charge in [0.25, 0.3) is 0 Å². The highest BCUT2D eigenvalue weighted by Crippen LogP contribution is 2.22. The minimum Gasteiger partial charge on any atom is -0.481 e. The van der Waals surface area contributed by atoms with E-state index in [1.165, 1.54) is 13.0 Å². The fourth-order valence-corrected chi connectivity index (χ4v) is 1.08. The van der Waals surface area contributed by atoms with Crippen LogP contribution in [0.4, 0.5) is 10.1 Å². The van der Waals surface area contributed by atoms with Crippen LogP contribution in [0.1, 0.15) is 18.4 Å². The Bertz CT molecular complexity index is 419. The van der Waals surface area contributed by atoms with Gasteiger partial charge in [-0.3, -0.25) is 14.9 Å². The molecule has 1 atom stereocenters. The van der Waals surface area contributed by atoms with E-state index in [4.69, 9.17) is 5.11 Å². The topological polar surface area (TPSA) is 80.4 Å². The van der Waals surface area contributed by atoms with Crippen molar-refractivity contribution in [1.82, 2.24) is 0 Å². The zero-order chi connectivity index (χ0) is 11.6. The average Bonchev–Trinajstić information content (AvgIpc) is 2.15. The van der Waals surface area contributed by atoms with E-state index in [2.05, 4.69) is 0 Å². The number of benzene rings is 1. The largest absolute Gasteiger partial charge is 0.481 e. The quantitative estimate of drug-likeness (QED) is 0.614.